The number of nitrogens with one attached hydrogen (secondary N) is 1. The van der Waals surface area contributed by atoms with Gasteiger partial charge in [-0.3, -0.25) is 4.79 Å². The summed E-state index contributed by atoms with van der Waals surface area (Å²) in [6, 6.07) is -0.871. The van der Waals surface area contributed by atoms with E-state index >= 15 is 0 Å². The van der Waals surface area contributed by atoms with E-state index in [2.05, 4.69) is 5.32 Å². The van der Waals surface area contributed by atoms with E-state index in [0.717, 1.165) is 0 Å². The summed E-state index contributed by atoms with van der Waals surface area (Å²) in [5.74, 6) is -0.453. The van der Waals surface area contributed by atoms with Crippen LogP contribution in [0.4, 0.5) is 0 Å². The van der Waals surface area contributed by atoms with Crippen molar-refractivity contribution in [2.45, 2.75) is 36.9 Å². The Morgan fingerprint density at radius 2 is 1.67 bits per heavy atom. The number of aliphatic carboxylic acids is 1. The number of carboxylic acids is 1. The van der Waals surface area contributed by atoms with Crippen LogP contribution in [-0.4, -0.2) is 122 Å². The van der Waals surface area contributed by atoms with Crippen molar-refractivity contribution in [2.24, 2.45) is 0 Å². The van der Waals surface area contributed by atoms with Crippen molar-refractivity contribution in [1.82, 2.24) is 5.32 Å². The van der Waals surface area contributed by atoms with Gasteiger partial charge in [-0.1, -0.05) is 0 Å². The first-order valence-corrected chi connectivity index (χ1v) is 7.52. The first kappa shape index (κ1) is 23.8. The summed E-state index contributed by atoms with van der Waals surface area (Å²) >= 11 is 1.48. The standard InChI is InChI=1S/C11H23NO7S.Na/c1-20-3-2-6(11(18)19)12-4-7(14)9(16)10(17)8(15)5-13;/h6-10,12-17H,2-5H2,1H3,(H,18,19);/t6-,7-,8+,9+,10+;/m0./s1. The third kappa shape index (κ3) is 9.34. The Morgan fingerprint density at radius 3 is 2.10 bits per heavy atom. The summed E-state index contributed by atoms with van der Waals surface area (Å²) in [6.45, 7) is -1.02. The molecule has 1 radical (unpaired) electrons. The molecule has 0 saturated carbocycles. The Bertz CT molecular complexity index is 287. The van der Waals surface area contributed by atoms with Crippen LogP contribution in [0.5, 0.6) is 0 Å². The number of hydrogen-bond acceptors (Lipinski definition) is 8. The largest absolute Gasteiger partial charge is 0.480 e. The molecule has 0 heterocycles. The monoisotopic (exact) mass is 336 g/mol. The van der Waals surface area contributed by atoms with Gasteiger partial charge in [0.15, 0.2) is 0 Å². The average Bonchev–Trinajstić information content (AvgIpc) is 2.43. The summed E-state index contributed by atoms with van der Waals surface area (Å²) in [5, 5.41) is 57.9. The zero-order valence-corrected chi connectivity index (χ0v) is 15.0. The molecule has 0 aliphatic heterocycles. The van der Waals surface area contributed by atoms with Gasteiger partial charge in [-0.2, -0.15) is 11.8 Å². The van der Waals surface area contributed by atoms with Gasteiger partial charge in [-0.15, -0.1) is 0 Å². The number of aliphatic hydroxyl groups excluding tert-OH is 5. The molecule has 0 aliphatic rings. The van der Waals surface area contributed by atoms with Gasteiger partial charge >= 0.3 is 5.97 Å². The van der Waals surface area contributed by atoms with Crippen LogP contribution in [0.1, 0.15) is 6.42 Å². The Labute approximate surface area is 149 Å². The molecule has 0 aliphatic carbocycles. The molecule has 0 saturated heterocycles. The number of thioether (sulfide) groups is 1. The van der Waals surface area contributed by atoms with Crippen LogP contribution in [0.15, 0.2) is 0 Å². The molecule has 10 heteroatoms. The van der Waals surface area contributed by atoms with Gasteiger partial charge in [0.1, 0.15) is 24.4 Å². The molecule has 121 valence electrons. The molecule has 0 spiro atoms. The van der Waals surface area contributed by atoms with Crippen molar-refractivity contribution < 1.29 is 35.4 Å². The maximum absolute atomic E-state index is 10.9. The molecular formula is C11H23NNaO7S. The van der Waals surface area contributed by atoms with Crippen LogP contribution in [0.3, 0.4) is 0 Å². The van der Waals surface area contributed by atoms with Gasteiger partial charge in [0.25, 0.3) is 0 Å². The first-order chi connectivity index (χ1) is 9.34. The van der Waals surface area contributed by atoms with E-state index in [9.17, 15) is 20.1 Å². The van der Waals surface area contributed by atoms with E-state index in [1.165, 1.54) is 11.8 Å². The van der Waals surface area contributed by atoms with Crippen molar-refractivity contribution >= 4 is 47.3 Å². The number of carbonyl (C=O) groups is 1. The molecule has 5 atom stereocenters. The number of aliphatic hydroxyl groups is 5. The van der Waals surface area contributed by atoms with Crippen molar-refractivity contribution in [3.63, 3.8) is 0 Å². The minimum atomic E-state index is -1.72. The quantitative estimate of drug-likeness (QED) is 0.194. The SMILES string of the molecule is CSCC[C@H](NC[C@H](O)[C@@H](O)[C@H](O)[C@H](O)CO)C(=O)O.[Na]. The molecule has 0 unspecified atom stereocenters. The van der Waals surface area contributed by atoms with Crippen molar-refractivity contribution in [2.75, 3.05) is 25.2 Å². The first-order valence-electron chi connectivity index (χ1n) is 6.13. The van der Waals surface area contributed by atoms with Crippen LogP contribution in [0, 0.1) is 0 Å². The number of hydrogen-bond donors (Lipinski definition) is 7. The van der Waals surface area contributed by atoms with Crippen LogP contribution in [0.25, 0.3) is 0 Å². The third-order valence-corrected chi connectivity index (χ3v) is 3.45. The summed E-state index contributed by atoms with van der Waals surface area (Å²) in [6.07, 6.45) is -4.27. The van der Waals surface area contributed by atoms with E-state index in [1.54, 1.807) is 0 Å². The van der Waals surface area contributed by atoms with Gasteiger partial charge in [0.05, 0.1) is 12.7 Å². The van der Waals surface area contributed by atoms with Gasteiger partial charge in [0, 0.05) is 36.1 Å². The molecule has 8 nitrogen and oxygen atoms in total. The van der Waals surface area contributed by atoms with Crippen LogP contribution < -0.4 is 5.32 Å². The van der Waals surface area contributed by atoms with Crippen LogP contribution in [-0.2, 0) is 4.79 Å². The van der Waals surface area contributed by atoms with E-state index < -0.39 is 43.0 Å². The third-order valence-electron chi connectivity index (χ3n) is 2.81. The van der Waals surface area contributed by atoms with Crippen LogP contribution >= 0.6 is 11.8 Å². The van der Waals surface area contributed by atoms with Gasteiger partial charge in [-0.25, -0.2) is 0 Å². The second-order valence-electron chi connectivity index (χ2n) is 4.38. The molecule has 0 amide bonds. The average molecular weight is 336 g/mol. The summed E-state index contributed by atoms with van der Waals surface area (Å²) < 4.78 is 0. The molecule has 7 N–H and O–H groups in total. The Hall–Kier alpha value is 0.580. The van der Waals surface area contributed by atoms with Gasteiger partial charge in [-0.05, 0) is 18.4 Å². The minimum absolute atomic E-state index is 0. The Balaban J connectivity index is 0. The molecule has 0 aromatic carbocycles. The molecule has 0 aromatic heterocycles. The number of carboxylic acid groups (broad SMARTS) is 1. The Morgan fingerprint density at radius 1 is 1.14 bits per heavy atom. The maximum atomic E-state index is 10.9. The minimum Gasteiger partial charge on any atom is -0.480 e. The van der Waals surface area contributed by atoms with Gasteiger partial charge < -0.3 is 36.0 Å². The molecule has 0 fully saturated rings. The van der Waals surface area contributed by atoms with E-state index in [-0.39, 0.29) is 36.1 Å². The molecule has 21 heavy (non-hydrogen) atoms. The van der Waals surface area contributed by atoms with Gasteiger partial charge in [0.2, 0.25) is 0 Å². The van der Waals surface area contributed by atoms with Crippen molar-refractivity contribution in [3.05, 3.63) is 0 Å². The fraction of sp³-hybridized carbons (Fsp3) is 0.909. The summed E-state index contributed by atoms with van der Waals surface area (Å²) in [7, 11) is 0. The zero-order valence-electron chi connectivity index (χ0n) is 12.2. The Kier molecular flexibility index (Phi) is 14.8. The molecule has 0 aromatic rings. The molecule has 0 bridgehead atoms. The predicted molar refractivity (Wildman–Crippen MR) is 79.3 cm³/mol. The second-order valence-corrected chi connectivity index (χ2v) is 5.36. The van der Waals surface area contributed by atoms with E-state index in [4.69, 9.17) is 15.3 Å². The fourth-order valence-corrected chi connectivity index (χ4v) is 1.97. The zero-order chi connectivity index (χ0) is 15.7. The van der Waals surface area contributed by atoms with Crippen LogP contribution in [0.2, 0.25) is 0 Å². The van der Waals surface area contributed by atoms with E-state index in [0.29, 0.717) is 12.2 Å². The molecular weight excluding hydrogens is 313 g/mol. The topological polar surface area (TPSA) is 150 Å². The maximum Gasteiger partial charge on any atom is 0.320 e. The predicted octanol–water partition coefficient (Wildman–Crippen LogP) is -3.16. The fourth-order valence-electron chi connectivity index (χ4n) is 1.50. The smallest absolute Gasteiger partial charge is 0.320 e. The van der Waals surface area contributed by atoms with Crippen molar-refractivity contribution in [3.8, 4) is 0 Å². The number of rotatable bonds is 11. The molecule has 0 rings (SSSR count). The van der Waals surface area contributed by atoms with Crippen molar-refractivity contribution in [1.29, 1.82) is 0 Å². The second kappa shape index (κ2) is 13.1. The normalized spacial score (nSPS) is 18.2. The summed E-state index contributed by atoms with van der Waals surface area (Å²) in [5.41, 5.74) is 0. The van der Waals surface area contributed by atoms with E-state index in [1.807, 2.05) is 6.26 Å². The summed E-state index contributed by atoms with van der Waals surface area (Å²) in [4.78, 5) is 10.9.